The third kappa shape index (κ3) is 2.12. The molecular weight excluding hydrogens is 180 g/mol. The number of aromatic nitrogens is 1. The van der Waals surface area contributed by atoms with Gasteiger partial charge in [-0.25, -0.2) is 4.98 Å². The van der Waals surface area contributed by atoms with Crippen molar-refractivity contribution < 1.29 is 5.11 Å². The number of nitrogens with zero attached hydrogens (tertiary/aromatic N) is 3. The molecular formula is C9H12N4O. The van der Waals surface area contributed by atoms with E-state index in [9.17, 15) is 0 Å². The lowest BCUT2D eigenvalue weighted by molar-refractivity contribution is 0.304. The third-order valence-corrected chi connectivity index (χ3v) is 1.82. The summed E-state index contributed by atoms with van der Waals surface area (Å²) >= 11 is 0. The van der Waals surface area contributed by atoms with Gasteiger partial charge in [0.2, 0.25) is 0 Å². The van der Waals surface area contributed by atoms with Crippen molar-refractivity contribution in [1.29, 1.82) is 5.26 Å². The van der Waals surface area contributed by atoms with Crippen molar-refractivity contribution in [2.75, 3.05) is 30.8 Å². The molecule has 5 nitrogen and oxygen atoms in total. The molecule has 0 bridgehead atoms. The molecule has 0 atom stereocenters. The Hall–Kier alpha value is -1.80. The second-order valence-corrected chi connectivity index (χ2v) is 2.89. The summed E-state index contributed by atoms with van der Waals surface area (Å²) in [7, 11) is 1.78. The SMILES string of the molecule is CN(CCO)c1ncc(C#N)cc1N. The van der Waals surface area contributed by atoms with Crippen LogP contribution in [0.4, 0.5) is 11.5 Å². The molecule has 14 heavy (non-hydrogen) atoms. The fourth-order valence-electron chi connectivity index (χ4n) is 1.11. The number of pyridine rings is 1. The standard InChI is InChI=1S/C9H12N4O/c1-13(2-3-14)9-8(11)4-7(5-10)6-12-9/h4,6,14H,2-3,11H2,1H3. The van der Waals surface area contributed by atoms with Gasteiger partial charge >= 0.3 is 0 Å². The van der Waals surface area contributed by atoms with Crippen molar-refractivity contribution >= 4 is 11.5 Å². The van der Waals surface area contributed by atoms with Gasteiger partial charge in [-0.05, 0) is 6.07 Å². The van der Waals surface area contributed by atoms with E-state index in [1.54, 1.807) is 18.0 Å². The summed E-state index contributed by atoms with van der Waals surface area (Å²) in [6.07, 6.45) is 1.46. The lowest BCUT2D eigenvalue weighted by Gasteiger charge is -2.18. The Labute approximate surface area is 82.4 Å². The second kappa shape index (κ2) is 4.44. The van der Waals surface area contributed by atoms with Crippen molar-refractivity contribution in [3.05, 3.63) is 17.8 Å². The number of nitrogen functional groups attached to an aromatic ring is 1. The smallest absolute Gasteiger partial charge is 0.151 e. The van der Waals surface area contributed by atoms with Gasteiger partial charge in [-0.1, -0.05) is 0 Å². The summed E-state index contributed by atoms with van der Waals surface area (Å²) in [5.41, 5.74) is 6.57. The first-order valence-corrected chi connectivity index (χ1v) is 4.16. The fraction of sp³-hybridized carbons (Fsp3) is 0.333. The van der Waals surface area contributed by atoms with Gasteiger partial charge in [0.25, 0.3) is 0 Å². The molecule has 0 aliphatic carbocycles. The van der Waals surface area contributed by atoms with Crippen LogP contribution in [-0.4, -0.2) is 30.3 Å². The minimum Gasteiger partial charge on any atom is -0.396 e. The first-order chi connectivity index (χ1) is 6.69. The summed E-state index contributed by atoms with van der Waals surface area (Å²) in [6.45, 7) is 0.501. The van der Waals surface area contributed by atoms with E-state index >= 15 is 0 Å². The van der Waals surface area contributed by atoms with Gasteiger partial charge in [0.05, 0.1) is 17.9 Å². The lowest BCUT2D eigenvalue weighted by Crippen LogP contribution is -2.23. The van der Waals surface area contributed by atoms with Crippen molar-refractivity contribution in [2.45, 2.75) is 0 Å². The zero-order valence-corrected chi connectivity index (χ0v) is 7.94. The molecule has 0 aliphatic heterocycles. The molecule has 0 saturated carbocycles. The van der Waals surface area contributed by atoms with E-state index in [1.165, 1.54) is 6.20 Å². The maximum atomic E-state index is 8.73. The van der Waals surface area contributed by atoms with Gasteiger partial charge in [0.15, 0.2) is 5.82 Å². The molecule has 1 rings (SSSR count). The van der Waals surface area contributed by atoms with Crippen molar-refractivity contribution in [2.24, 2.45) is 0 Å². The fourth-order valence-corrected chi connectivity index (χ4v) is 1.11. The molecule has 0 aliphatic rings. The van der Waals surface area contributed by atoms with E-state index in [2.05, 4.69) is 4.98 Å². The van der Waals surface area contributed by atoms with Crippen LogP contribution in [0.15, 0.2) is 12.3 Å². The average Bonchev–Trinajstić information content (AvgIpc) is 2.17. The minimum atomic E-state index is 0.0393. The number of rotatable bonds is 3. The summed E-state index contributed by atoms with van der Waals surface area (Å²) in [5, 5.41) is 17.3. The molecule has 1 aromatic rings. The summed E-state index contributed by atoms with van der Waals surface area (Å²) in [6, 6.07) is 3.52. The monoisotopic (exact) mass is 192 g/mol. The zero-order chi connectivity index (χ0) is 10.6. The third-order valence-electron chi connectivity index (χ3n) is 1.82. The molecule has 1 aromatic heterocycles. The molecule has 0 fully saturated rings. The topological polar surface area (TPSA) is 86.2 Å². The molecule has 1 heterocycles. The Morgan fingerprint density at radius 1 is 1.71 bits per heavy atom. The van der Waals surface area contributed by atoms with Crippen LogP contribution in [0.3, 0.4) is 0 Å². The quantitative estimate of drug-likeness (QED) is 0.702. The Kier molecular flexibility index (Phi) is 3.26. The van der Waals surface area contributed by atoms with Gasteiger partial charge in [-0.15, -0.1) is 0 Å². The highest BCUT2D eigenvalue weighted by molar-refractivity contribution is 5.64. The average molecular weight is 192 g/mol. The minimum absolute atomic E-state index is 0.0393. The largest absolute Gasteiger partial charge is 0.396 e. The van der Waals surface area contributed by atoms with Gasteiger partial charge in [-0.3, -0.25) is 0 Å². The number of aliphatic hydroxyl groups excluding tert-OH is 1. The van der Waals surface area contributed by atoms with Crippen LogP contribution in [0.1, 0.15) is 5.56 Å². The van der Waals surface area contributed by atoms with E-state index in [4.69, 9.17) is 16.1 Å². The molecule has 74 valence electrons. The first kappa shape index (κ1) is 10.3. The number of anilines is 2. The van der Waals surface area contributed by atoms with Crippen LogP contribution < -0.4 is 10.6 Å². The van der Waals surface area contributed by atoms with Crippen LogP contribution >= 0.6 is 0 Å². The maximum absolute atomic E-state index is 8.73. The van der Waals surface area contributed by atoms with Gasteiger partial charge in [0, 0.05) is 19.8 Å². The number of hydrogen-bond donors (Lipinski definition) is 2. The van der Waals surface area contributed by atoms with Gasteiger partial charge in [0.1, 0.15) is 6.07 Å². The van der Waals surface area contributed by atoms with Crippen molar-refractivity contribution in [3.8, 4) is 6.07 Å². The molecule has 0 unspecified atom stereocenters. The molecule has 0 radical (unpaired) electrons. The van der Waals surface area contributed by atoms with E-state index in [0.717, 1.165) is 0 Å². The van der Waals surface area contributed by atoms with E-state index in [0.29, 0.717) is 23.6 Å². The Morgan fingerprint density at radius 2 is 2.43 bits per heavy atom. The summed E-state index contributed by atoms with van der Waals surface area (Å²) in [5.74, 6) is 0.582. The number of aliphatic hydroxyl groups is 1. The first-order valence-electron chi connectivity index (χ1n) is 4.16. The molecule has 5 heteroatoms. The zero-order valence-electron chi connectivity index (χ0n) is 7.94. The Bertz CT molecular complexity index is 358. The highest BCUT2D eigenvalue weighted by Gasteiger charge is 2.06. The Morgan fingerprint density at radius 3 is 2.93 bits per heavy atom. The summed E-state index contributed by atoms with van der Waals surface area (Å²) < 4.78 is 0. The van der Waals surface area contributed by atoms with E-state index in [1.807, 2.05) is 6.07 Å². The van der Waals surface area contributed by atoms with Crippen LogP contribution in [0, 0.1) is 11.3 Å². The highest BCUT2D eigenvalue weighted by Crippen LogP contribution is 2.18. The molecule has 0 saturated heterocycles. The number of nitriles is 1. The normalized spacial score (nSPS) is 9.50. The van der Waals surface area contributed by atoms with Crippen molar-refractivity contribution in [3.63, 3.8) is 0 Å². The highest BCUT2D eigenvalue weighted by atomic mass is 16.3. The van der Waals surface area contributed by atoms with Crippen molar-refractivity contribution in [1.82, 2.24) is 4.98 Å². The van der Waals surface area contributed by atoms with E-state index in [-0.39, 0.29) is 6.61 Å². The van der Waals surface area contributed by atoms with Gasteiger partial charge < -0.3 is 15.7 Å². The van der Waals surface area contributed by atoms with Crippen LogP contribution in [0.25, 0.3) is 0 Å². The number of hydrogen-bond acceptors (Lipinski definition) is 5. The summed E-state index contributed by atoms with van der Waals surface area (Å²) in [4.78, 5) is 5.77. The van der Waals surface area contributed by atoms with E-state index < -0.39 is 0 Å². The molecule has 0 amide bonds. The second-order valence-electron chi connectivity index (χ2n) is 2.89. The molecule has 0 spiro atoms. The number of nitrogens with two attached hydrogens (primary N) is 1. The molecule has 3 N–H and O–H groups in total. The number of likely N-dealkylation sites (N-methyl/N-ethyl adjacent to an activating group) is 1. The predicted molar refractivity (Wildman–Crippen MR) is 53.7 cm³/mol. The molecule has 0 aromatic carbocycles. The Balaban J connectivity index is 2.95. The van der Waals surface area contributed by atoms with Gasteiger partial charge in [-0.2, -0.15) is 5.26 Å². The predicted octanol–water partition coefficient (Wildman–Crippen LogP) is -0.0360. The van der Waals surface area contributed by atoms with Crippen LogP contribution in [0.2, 0.25) is 0 Å². The van der Waals surface area contributed by atoms with Crippen LogP contribution in [-0.2, 0) is 0 Å². The maximum Gasteiger partial charge on any atom is 0.151 e. The lowest BCUT2D eigenvalue weighted by atomic mass is 10.2. The van der Waals surface area contributed by atoms with Crippen LogP contribution in [0.5, 0.6) is 0 Å².